The molecule has 0 radical (unpaired) electrons. The number of carbonyl (C=O) groups excluding carboxylic acids is 1. The highest BCUT2D eigenvalue weighted by molar-refractivity contribution is 7.99. The summed E-state index contributed by atoms with van der Waals surface area (Å²) in [7, 11) is 0. The van der Waals surface area contributed by atoms with Crippen LogP contribution in [0.4, 0.5) is 0 Å². The lowest BCUT2D eigenvalue weighted by molar-refractivity contribution is 0.102. The van der Waals surface area contributed by atoms with Crippen LogP contribution >= 0.6 is 11.8 Å². The number of para-hydroxylation sites is 1. The summed E-state index contributed by atoms with van der Waals surface area (Å²) in [5.74, 6) is 0.152. The van der Waals surface area contributed by atoms with E-state index in [1.54, 1.807) is 28.8 Å². The molecule has 4 rings (SSSR count). The standard InChI is InChI=1S/C24H20N2O3S/c1-16(17-7-3-2-4-8-17)26-23(29)20-9-5-6-10-21(20)25-24(26)30-15-22(28)18-11-13-19(27)14-12-18/h2-14,16,27H,15H2,1H3. The van der Waals surface area contributed by atoms with E-state index in [2.05, 4.69) is 0 Å². The van der Waals surface area contributed by atoms with E-state index in [4.69, 9.17) is 4.98 Å². The van der Waals surface area contributed by atoms with Gasteiger partial charge in [0.25, 0.3) is 5.56 Å². The number of rotatable bonds is 6. The molecule has 1 aromatic heterocycles. The molecule has 0 bridgehead atoms. The molecule has 30 heavy (non-hydrogen) atoms. The second-order valence-electron chi connectivity index (χ2n) is 6.93. The van der Waals surface area contributed by atoms with Crippen LogP contribution in [-0.2, 0) is 0 Å². The summed E-state index contributed by atoms with van der Waals surface area (Å²) in [5.41, 5.74) is 1.98. The molecule has 0 saturated carbocycles. The summed E-state index contributed by atoms with van der Waals surface area (Å²) in [6.07, 6.45) is 0. The van der Waals surface area contributed by atoms with Gasteiger partial charge in [-0.1, -0.05) is 54.2 Å². The molecule has 1 N–H and O–H groups in total. The maximum Gasteiger partial charge on any atom is 0.262 e. The molecule has 1 atom stereocenters. The van der Waals surface area contributed by atoms with Crippen molar-refractivity contribution in [2.75, 3.05) is 5.75 Å². The number of nitrogens with zero attached hydrogens (tertiary/aromatic N) is 2. The largest absolute Gasteiger partial charge is 0.508 e. The molecule has 5 nitrogen and oxygen atoms in total. The average Bonchev–Trinajstić information content (AvgIpc) is 2.78. The van der Waals surface area contributed by atoms with Gasteiger partial charge in [-0.2, -0.15) is 0 Å². The van der Waals surface area contributed by atoms with Crippen LogP contribution in [-0.4, -0.2) is 26.2 Å². The number of Topliss-reactive ketones (excluding diaryl/α,β-unsaturated/α-hetero) is 1. The molecule has 6 heteroatoms. The topological polar surface area (TPSA) is 72.2 Å². The third kappa shape index (κ3) is 4.00. The molecule has 0 spiro atoms. The zero-order valence-corrected chi connectivity index (χ0v) is 17.2. The van der Waals surface area contributed by atoms with Crippen molar-refractivity contribution >= 4 is 28.4 Å². The minimum Gasteiger partial charge on any atom is -0.508 e. The normalized spacial score (nSPS) is 12.0. The summed E-state index contributed by atoms with van der Waals surface area (Å²) in [6.45, 7) is 1.96. The van der Waals surface area contributed by atoms with E-state index in [0.717, 1.165) is 5.56 Å². The van der Waals surface area contributed by atoms with Gasteiger partial charge in [0, 0.05) is 5.56 Å². The first-order valence-electron chi connectivity index (χ1n) is 9.56. The summed E-state index contributed by atoms with van der Waals surface area (Å²) in [6, 6.07) is 22.9. The van der Waals surface area contributed by atoms with Crippen molar-refractivity contribution in [3.63, 3.8) is 0 Å². The van der Waals surface area contributed by atoms with Crippen LogP contribution in [0.1, 0.15) is 28.9 Å². The first kappa shape index (κ1) is 19.9. The number of hydrogen-bond donors (Lipinski definition) is 1. The van der Waals surface area contributed by atoms with E-state index in [-0.39, 0.29) is 28.9 Å². The Balaban J connectivity index is 1.73. The van der Waals surface area contributed by atoms with Crippen LogP contribution in [0.3, 0.4) is 0 Å². The number of hydrogen-bond acceptors (Lipinski definition) is 5. The molecule has 1 unspecified atom stereocenters. The van der Waals surface area contributed by atoms with Gasteiger partial charge in [-0.3, -0.25) is 14.2 Å². The van der Waals surface area contributed by atoms with E-state index in [1.165, 1.54) is 23.9 Å². The first-order valence-corrected chi connectivity index (χ1v) is 10.5. The fourth-order valence-electron chi connectivity index (χ4n) is 3.31. The Morgan fingerprint density at radius 2 is 1.67 bits per heavy atom. The number of thioether (sulfide) groups is 1. The highest BCUT2D eigenvalue weighted by Gasteiger charge is 2.19. The fraction of sp³-hybridized carbons (Fsp3) is 0.125. The summed E-state index contributed by atoms with van der Waals surface area (Å²) < 4.78 is 1.66. The Bertz CT molecular complexity index is 1250. The van der Waals surface area contributed by atoms with Crippen LogP contribution in [0.15, 0.2) is 88.8 Å². The van der Waals surface area contributed by atoms with Crippen LogP contribution < -0.4 is 5.56 Å². The number of fused-ring (bicyclic) bond motifs is 1. The van der Waals surface area contributed by atoms with Gasteiger partial charge in [0.05, 0.1) is 22.7 Å². The van der Waals surface area contributed by atoms with Gasteiger partial charge < -0.3 is 5.11 Å². The monoisotopic (exact) mass is 416 g/mol. The highest BCUT2D eigenvalue weighted by atomic mass is 32.2. The third-order valence-corrected chi connectivity index (χ3v) is 5.92. The molecule has 0 amide bonds. The van der Waals surface area contributed by atoms with Crippen molar-refractivity contribution in [3.8, 4) is 5.75 Å². The minimum atomic E-state index is -0.234. The predicted octanol–water partition coefficient (Wildman–Crippen LogP) is 4.69. The van der Waals surface area contributed by atoms with E-state index in [9.17, 15) is 14.7 Å². The summed E-state index contributed by atoms with van der Waals surface area (Å²) in [4.78, 5) is 30.6. The molecule has 0 saturated heterocycles. The lowest BCUT2D eigenvalue weighted by Gasteiger charge is -2.20. The molecule has 1 heterocycles. The molecule has 150 valence electrons. The van der Waals surface area contributed by atoms with Gasteiger partial charge in [-0.15, -0.1) is 0 Å². The molecule has 4 aromatic rings. The van der Waals surface area contributed by atoms with Crippen molar-refractivity contribution in [2.24, 2.45) is 0 Å². The van der Waals surface area contributed by atoms with Crippen molar-refractivity contribution < 1.29 is 9.90 Å². The van der Waals surface area contributed by atoms with Gasteiger partial charge in [-0.05, 0) is 48.9 Å². The van der Waals surface area contributed by atoms with Gasteiger partial charge in [0.2, 0.25) is 0 Å². The van der Waals surface area contributed by atoms with E-state index in [1.807, 2.05) is 49.4 Å². The summed E-state index contributed by atoms with van der Waals surface area (Å²) >= 11 is 1.25. The molecular weight excluding hydrogens is 396 g/mol. The third-order valence-electron chi connectivity index (χ3n) is 4.97. The van der Waals surface area contributed by atoms with E-state index >= 15 is 0 Å². The van der Waals surface area contributed by atoms with Crippen molar-refractivity contribution in [1.82, 2.24) is 9.55 Å². The number of phenolic OH excluding ortho intramolecular Hbond substituents is 1. The Kier molecular flexibility index (Phi) is 5.68. The van der Waals surface area contributed by atoms with Gasteiger partial charge >= 0.3 is 0 Å². The van der Waals surface area contributed by atoms with Crippen molar-refractivity contribution in [1.29, 1.82) is 0 Å². The molecule has 0 fully saturated rings. The minimum absolute atomic E-state index is 0.0960. The highest BCUT2D eigenvalue weighted by Crippen LogP contribution is 2.25. The Labute approximate surface area is 178 Å². The zero-order valence-electron chi connectivity index (χ0n) is 16.4. The van der Waals surface area contributed by atoms with E-state index in [0.29, 0.717) is 21.6 Å². The van der Waals surface area contributed by atoms with Crippen LogP contribution in [0.5, 0.6) is 5.75 Å². The molecule has 0 aliphatic rings. The zero-order chi connectivity index (χ0) is 21.1. The van der Waals surface area contributed by atoms with Crippen LogP contribution in [0, 0.1) is 0 Å². The Morgan fingerprint density at radius 3 is 2.40 bits per heavy atom. The van der Waals surface area contributed by atoms with Crippen molar-refractivity contribution in [3.05, 3.63) is 100 Å². The number of carbonyl (C=O) groups is 1. The smallest absolute Gasteiger partial charge is 0.262 e. The molecule has 0 aliphatic heterocycles. The number of benzene rings is 3. The maximum atomic E-state index is 13.3. The second-order valence-corrected chi connectivity index (χ2v) is 7.87. The predicted molar refractivity (Wildman–Crippen MR) is 119 cm³/mol. The van der Waals surface area contributed by atoms with E-state index < -0.39 is 0 Å². The quantitative estimate of drug-likeness (QED) is 0.281. The Morgan fingerprint density at radius 1 is 1.00 bits per heavy atom. The summed E-state index contributed by atoms with van der Waals surface area (Å²) in [5, 5.41) is 10.5. The average molecular weight is 417 g/mol. The number of ketones is 1. The fourth-order valence-corrected chi connectivity index (χ4v) is 4.28. The lowest BCUT2D eigenvalue weighted by Crippen LogP contribution is -2.27. The number of aromatic nitrogens is 2. The molecule has 3 aromatic carbocycles. The number of phenols is 1. The SMILES string of the molecule is CC(c1ccccc1)n1c(SCC(=O)c2ccc(O)cc2)nc2ccccc2c1=O. The van der Waals surface area contributed by atoms with Gasteiger partial charge in [0.15, 0.2) is 10.9 Å². The first-order chi connectivity index (χ1) is 14.5. The second kappa shape index (κ2) is 8.55. The van der Waals surface area contributed by atoms with Crippen LogP contribution in [0.25, 0.3) is 10.9 Å². The number of aromatic hydroxyl groups is 1. The van der Waals surface area contributed by atoms with Crippen molar-refractivity contribution in [2.45, 2.75) is 18.1 Å². The maximum absolute atomic E-state index is 13.3. The van der Waals surface area contributed by atoms with Crippen LogP contribution in [0.2, 0.25) is 0 Å². The lowest BCUT2D eigenvalue weighted by atomic mass is 10.1. The van der Waals surface area contributed by atoms with Gasteiger partial charge in [0.1, 0.15) is 5.75 Å². The molecular formula is C24H20N2O3S. The Hall–Kier alpha value is -3.38. The molecule has 0 aliphatic carbocycles. The van der Waals surface area contributed by atoms with Gasteiger partial charge in [-0.25, -0.2) is 4.98 Å².